The van der Waals surface area contributed by atoms with Gasteiger partial charge in [-0.25, -0.2) is 0 Å². The molecule has 0 aliphatic rings. The molecule has 0 heterocycles. The fraction of sp³-hybridized carbons (Fsp3) is 0.600. The predicted octanol–water partition coefficient (Wildman–Crippen LogP) is 4.85. The van der Waals surface area contributed by atoms with Gasteiger partial charge in [-0.3, -0.25) is 0 Å². The number of unbranched alkanes of at least 4 members (excludes halogenated alkanes) is 2. The van der Waals surface area contributed by atoms with E-state index in [4.69, 9.17) is 0 Å². The highest BCUT2D eigenvalue weighted by molar-refractivity contribution is 5.36. The van der Waals surface area contributed by atoms with Crippen LogP contribution < -0.4 is 0 Å². The van der Waals surface area contributed by atoms with E-state index in [2.05, 4.69) is 45.9 Å². The normalized spacial score (nSPS) is 11.0. The summed E-state index contributed by atoms with van der Waals surface area (Å²) in [6, 6.07) is 6.72. The lowest BCUT2D eigenvalue weighted by Crippen LogP contribution is -1.99. The van der Waals surface area contributed by atoms with Gasteiger partial charge < -0.3 is 0 Å². The Kier molecular flexibility index (Phi) is 4.87. The minimum atomic E-state index is 0.654. The first kappa shape index (κ1) is 12.3. The van der Waals surface area contributed by atoms with Gasteiger partial charge in [-0.2, -0.15) is 0 Å². The molecule has 1 aromatic carbocycles. The van der Waals surface area contributed by atoms with E-state index in [0.717, 1.165) is 0 Å². The first-order chi connectivity index (χ1) is 7.16. The third-order valence-corrected chi connectivity index (χ3v) is 3.10. The third kappa shape index (κ3) is 3.37. The van der Waals surface area contributed by atoms with Crippen molar-refractivity contribution < 1.29 is 0 Å². The van der Waals surface area contributed by atoms with Crippen molar-refractivity contribution in [3.8, 4) is 0 Å². The number of aryl methyl sites for hydroxylation is 1. The Hall–Kier alpha value is -0.780. The van der Waals surface area contributed by atoms with Gasteiger partial charge in [-0.1, -0.05) is 51.8 Å². The molecule has 1 rings (SSSR count). The van der Waals surface area contributed by atoms with E-state index in [0.29, 0.717) is 5.92 Å². The molecule has 0 bridgehead atoms. The van der Waals surface area contributed by atoms with Gasteiger partial charge in [-0.05, 0) is 42.4 Å². The standard InChI is InChI=1S/C15H24/c1-5-6-7-10-15-13(4)9-8-11-14(15)12(2)3/h8-9,11-12H,5-7,10H2,1-4H3. The molecule has 0 saturated carbocycles. The molecule has 1 aromatic rings. The topological polar surface area (TPSA) is 0 Å². The average Bonchev–Trinajstić information content (AvgIpc) is 2.20. The van der Waals surface area contributed by atoms with Gasteiger partial charge in [0.1, 0.15) is 0 Å². The Labute approximate surface area is 94.7 Å². The van der Waals surface area contributed by atoms with Gasteiger partial charge in [0, 0.05) is 0 Å². The van der Waals surface area contributed by atoms with Crippen molar-refractivity contribution >= 4 is 0 Å². The summed E-state index contributed by atoms with van der Waals surface area (Å²) in [5, 5.41) is 0. The van der Waals surface area contributed by atoms with Crippen molar-refractivity contribution in [3.05, 3.63) is 34.9 Å². The van der Waals surface area contributed by atoms with Crippen LogP contribution >= 0.6 is 0 Å². The second-order valence-electron chi connectivity index (χ2n) is 4.75. The highest BCUT2D eigenvalue weighted by Crippen LogP contribution is 2.24. The molecule has 84 valence electrons. The zero-order valence-electron chi connectivity index (χ0n) is 10.6. The summed E-state index contributed by atoms with van der Waals surface area (Å²) in [6.07, 6.45) is 5.25. The van der Waals surface area contributed by atoms with Crippen LogP contribution in [0.1, 0.15) is 62.6 Å². The molecular weight excluding hydrogens is 180 g/mol. The van der Waals surface area contributed by atoms with Gasteiger partial charge >= 0.3 is 0 Å². The minimum absolute atomic E-state index is 0.654. The lowest BCUT2D eigenvalue weighted by Gasteiger charge is -2.15. The van der Waals surface area contributed by atoms with Gasteiger partial charge in [0.2, 0.25) is 0 Å². The summed E-state index contributed by atoms with van der Waals surface area (Å²) in [5.74, 6) is 0.654. The van der Waals surface area contributed by atoms with Gasteiger partial charge in [0.25, 0.3) is 0 Å². The van der Waals surface area contributed by atoms with E-state index in [1.165, 1.54) is 31.2 Å². The second-order valence-corrected chi connectivity index (χ2v) is 4.75. The molecule has 0 amide bonds. The monoisotopic (exact) mass is 204 g/mol. The molecule has 0 aliphatic carbocycles. The van der Waals surface area contributed by atoms with E-state index < -0.39 is 0 Å². The van der Waals surface area contributed by atoms with Crippen molar-refractivity contribution in [2.75, 3.05) is 0 Å². The Balaban J connectivity index is 2.82. The van der Waals surface area contributed by atoms with Crippen molar-refractivity contribution in [2.45, 2.75) is 59.3 Å². The number of rotatable bonds is 5. The van der Waals surface area contributed by atoms with Crippen LogP contribution in [-0.2, 0) is 6.42 Å². The Morgan fingerprint density at radius 3 is 2.47 bits per heavy atom. The number of hydrogen-bond acceptors (Lipinski definition) is 0. The summed E-state index contributed by atoms with van der Waals surface area (Å²) in [5.41, 5.74) is 4.62. The number of benzene rings is 1. The lowest BCUT2D eigenvalue weighted by atomic mass is 9.90. The molecule has 0 radical (unpaired) electrons. The molecule has 0 N–H and O–H groups in total. The molecule has 0 heteroatoms. The first-order valence-corrected chi connectivity index (χ1v) is 6.25. The quantitative estimate of drug-likeness (QED) is 0.601. The largest absolute Gasteiger partial charge is 0.0654 e. The highest BCUT2D eigenvalue weighted by atomic mass is 14.1. The molecule has 0 nitrogen and oxygen atoms in total. The first-order valence-electron chi connectivity index (χ1n) is 6.25. The molecule has 0 aliphatic heterocycles. The van der Waals surface area contributed by atoms with Crippen LogP contribution in [0.25, 0.3) is 0 Å². The summed E-state index contributed by atoms with van der Waals surface area (Å²) < 4.78 is 0. The number of hydrogen-bond donors (Lipinski definition) is 0. The average molecular weight is 204 g/mol. The Morgan fingerprint density at radius 2 is 1.87 bits per heavy atom. The van der Waals surface area contributed by atoms with E-state index in [9.17, 15) is 0 Å². The zero-order chi connectivity index (χ0) is 11.3. The predicted molar refractivity (Wildman–Crippen MR) is 68.5 cm³/mol. The van der Waals surface area contributed by atoms with Crippen LogP contribution in [0.15, 0.2) is 18.2 Å². The zero-order valence-corrected chi connectivity index (χ0v) is 10.6. The third-order valence-electron chi connectivity index (χ3n) is 3.10. The summed E-state index contributed by atoms with van der Waals surface area (Å²) in [6.45, 7) is 9.09. The molecule has 0 spiro atoms. The lowest BCUT2D eigenvalue weighted by molar-refractivity contribution is 0.705. The molecule has 0 fully saturated rings. The van der Waals surface area contributed by atoms with Gasteiger partial charge in [-0.15, -0.1) is 0 Å². The van der Waals surface area contributed by atoms with Crippen molar-refractivity contribution in [1.82, 2.24) is 0 Å². The highest BCUT2D eigenvalue weighted by Gasteiger charge is 2.07. The van der Waals surface area contributed by atoms with E-state index in [-0.39, 0.29) is 0 Å². The van der Waals surface area contributed by atoms with Crippen molar-refractivity contribution in [3.63, 3.8) is 0 Å². The maximum absolute atomic E-state index is 2.29. The Bertz CT molecular complexity index is 297. The smallest absolute Gasteiger partial charge is 0.0216 e. The Morgan fingerprint density at radius 1 is 1.13 bits per heavy atom. The summed E-state index contributed by atoms with van der Waals surface area (Å²) in [7, 11) is 0. The van der Waals surface area contributed by atoms with Crippen molar-refractivity contribution in [2.24, 2.45) is 0 Å². The van der Waals surface area contributed by atoms with Gasteiger partial charge in [0.15, 0.2) is 0 Å². The molecule has 0 atom stereocenters. The fourth-order valence-electron chi connectivity index (χ4n) is 2.16. The van der Waals surface area contributed by atoms with Crippen LogP contribution in [-0.4, -0.2) is 0 Å². The molecule has 0 unspecified atom stereocenters. The fourth-order valence-corrected chi connectivity index (χ4v) is 2.16. The second kappa shape index (κ2) is 5.95. The summed E-state index contributed by atoms with van der Waals surface area (Å²) in [4.78, 5) is 0. The van der Waals surface area contributed by atoms with Crippen molar-refractivity contribution in [1.29, 1.82) is 0 Å². The van der Waals surface area contributed by atoms with Crippen LogP contribution in [0.2, 0.25) is 0 Å². The van der Waals surface area contributed by atoms with Crippen LogP contribution in [0.4, 0.5) is 0 Å². The van der Waals surface area contributed by atoms with E-state index in [1.807, 2.05) is 0 Å². The maximum atomic E-state index is 2.29. The summed E-state index contributed by atoms with van der Waals surface area (Å²) >= 11 is 0. The van der Waals surface area contributed by atoms with Crippen LogP contribution in [0.3, 0.4) is 0 Å². The maximum Gasteiger partial charge on any atom is -0.0216 e. The molecule has 0 saturated heterocycles. The molecule has 0 aromatic heterocycles. The van der Waals surface area contributed by atoms with E-state index in [1.54, 1.807) is 11.1 Å². The minimum Gasteiger partial charge on any atom is -0.0654 e. The van der Waals surface area contributed by atoms with Crippen LogP contribution in [0, 0.1) is 6.92 Å². The van der Waals surface area contributed by atoms with Crippen LogP contribution in [0.5, 0.6) is 0 Å². The molecular formula is C15H24. The SMILES string of the molecule is CCCCCc1c(C)cccc1C(C)C. The molecule has 15 heavy (non-hydrogen) atoms. The van der Waals surface area contributed by atoms with E-state index >= 15 is 0 Å². The van der Waals surface area contributed by atoms with Gasteiger partial charge in [0.05, 0.1) is 0 Å².